The standard InChI is InChI=1S/C13H13BrN2O/c1-8-3-4-9(5-12(8)17-2)11-6-10(14)7-16-13(11)15/h3-7H,1-2H3,(H2,15,16). The van der Waals surface area contributed by atoms with Crippen LogP contribution in [0.3, 0.4) is 0 Å². The molecule has 17 heavy (non-hydrogen) atoms. The number of ether oxygens (including phenoxy) is 1. The maximum Gasteiger partial charge on any atom is 0.131 e. The van der Waals surface area contributed by atoms with Crippen LogP contribution in [0, 0.1) is 6.92 Å². The zero-order valence-electron chi connectivity index (χ0n) is 9.70. The lowest BCUT2D eigenvalue weighted by molar-refractivity contribution is 0.412. The molecule has 0 spiro atoms. The van der Waals surface area contributed by atoms with Gasteiger partial charge in [0.2, 0.25) is 0 Å². The monoisotopic (exact) mass is 292 g/mol. The van der Waals surface area contributed by atoms with Crippen molar-refractivity contribution < 1.29 is 4.74 Å². The van der Waals surface area contributed by atoms with Crippen molar-refractivity contribution in [3.05, 3.63) is 40.5 Å². The Morgan fingerprint density at radius 1 is 1.29 bits per heavy atom. The van der Waals surface area contributed by atoms with Gasteiger partial charge in [0, 0.05) is 16.2 Å². The number of methoxy groups -OCH3 is 1. The Bertz CT molecular complexity index is 555. The van der Waals surface area contributed by atoms with Gasteiger partial charge in [0.25, 0.3) is 0 Å². The molecule has 0 fully saturated rings. The van der Waals surface area contributed by atoms with E-state index in [1.807, 2.05) is 31.2 Å². The largest absolute Gasteiger partial charge is 0.496 e. The van der Waals surface area contributed by atoms with Crippen molar-refractivity contribution in [1.29, 1.82) is 0 Å². The van der Waals surface area contributed by atoms with Crippen molar-refractivity contribution in [1.82, 2.24) is 4.98 Å². The van der Waals surface area contributed by atoms with Crippen molar-refractivity contribution in [2.24, 2.45) is 0 Å². The van der Waals surface area contributed by atoms with Gasteiger partial charge < -0.3 is 10.5 Å². The van der Waals surface area contributed by atoms with Gasteiger partial charge in [-0.2, -0.15) is 0 Å². The Balaban J connectivity index is 2.56. The third kappa shape index (κ3) is 2.42. The molecule has 1 aromatic carbocycles. The van der Waals surface area contributed by atoms with Crippen LogP contribution in [-0.4, -0.2) is 12.1 Å². The number of nitrogen functional groups attached to an aromatic ring is 1. The van der Waals surface area contributed by atoms with E-state index in [0.29, 0.717) is 5.82 Å². The highest BCUT2D eigenvalue weighted by Gasteiger charge is 2.07. The van der Waals surface area contributed by atoms with Crippen molar-refractivity contribution in [2.45, 2.75) is 6.92 Å². The number of halogens is 1. The van der Waals surface area contributed by atoms with E-state index in [0.717, 1.165) is 26.9 Å². The molecule has 88 valence electrons. The number of nitrogens with zero attached hydrogens (tertiary/aromatic N) is 1. The molecule has 4 heteroatoms. The second kappa shape index (κ2) is 4.75. The second-order valence-corrected chi connectivity index (χ2v) is 4.69. The normalized spacial score (nSPS) is 10.3. The minimum absolute atomic E-state index is 0.513. The fourth-order valence-corrected chi connectivity index (χ4v) is 2.00. The first-order chi connectivity index (χ1) is 8.11. The highest BCUT2D eigenvalue weighted by molar-refractivity contribution is 9.10. The molecule has 3 nitrogen and oxygen atoms in total. The molecular formula is C13H13BrN2O. The Morgan fingerprint density at radius 2 is 2.06 bits per heavy atom. The summed E-state index contributed by atoms with van der Waals surface area (Å²) >= 11 is 3.39. The maximum atomic E-state index is 5.88. The number of hydrogen-bond donors (Lipinski definition) is 1. The van der Waals surface area contributed by atoms with Crippen molar-refractivity contribution >= 4 is 21.7 Å². The van der Waals surface area contributed by atoms with Crippen LogP contribution < -0.4 is 10.5 Å². The van der Waals surface area contributed by atoms with Crippen LogP contribution in [0.5, 0.6) is 5.75 Å². The van der Waals surface area contributed by atoms with Crippen LogP contribution in [0.4, 0.5) is 5.82 Å². The van der Waals surface area contributed by atoms with Crippen molar-refractivity contribution in [3.63, 3.8) is 0 Å². The summed E-state index contributed by atoms with van der Waals surface area (Å²) in [5.41, 5.74) is 8.87. The van der Waals surface area contributed by atoms with Gasteiger partial charge in [-0.05, 0) is 46.1 Å². The third-order valence-corrected chi connectivity index (χ3v) is 3.04. The molecule has 0 aliphatic heterocycles. The molecule has 0 bridgehead atoms. The molecule has 0 aliphatic carbocycles. The number of rotatable bonds is 2. The van der Waals surface area contributed by atoms with Gasteiger partial charge in [0.05, 0.1) is 7.11 Å². The average Bonchev–Trinajstić information content (AvgIpc) is 2.33. The second-order valence-electron chi connectivity index (χ2n) is 3.77. The molecule has 2 aromatic rings. The summed E-state index contributed by atoms with van der Waals surface area (Å²) in [6.45, 7) is 2.01. The molecule has 0 atom stereocenters. The third-order valence-electron chi connectivity index (χ3n) is 2.60. The Morgan fingerprint density at radius 3 is 2.76 bits per heavy atom. The first-order valence-electron chi connectivity index (χ1n) is 5.18. The number of aromatic nitrogens is 1. The van der Waals surface area contributed by atoms with E-state index in [1.165, 1.54) is 0 Å². The molecule has 0 amide bonds. The number of anilines is 1. The summed E-state index contributed by atoms with van der Waals surface area (Å²) in [5, 5.41) is 0. The summed E-state index contributed by atoms with van der Waals surface area (Å²) in [5.74, 6) is 1.36. The van der Waals surface area contributed by atoms with E-state index in [4.69, 9.17) is 10.5 Å². The van der Waals surface area contributed by atoms with Gasteiger partial charge in [0.1, 0.15) is 11.6 Å². The summed E-state index contributed by atoms with van der Waals surface area (Å²) in [7, 11) is 1.66. The highest BCUT2D eigenvalue weighted by atomic mass is 79.9. The van der Waals surface area contributed by atoms with Crippen molar-refractivity contribution in [3.8, 4) is 16.9 Å². The Labute approximate surface area is 109 Å². The molecule has 0 unspecified atom stereocenters. The minimum Gasteiger partial charge on any atom is -0.496 e. The van der Waals surface area contributed by atoms with E-state index < -0.39 is 0 Å². The van der Waals surface area contributed by atoms with Gasteiger partial charge in [-0.15, -0.1) is 0 Å². The summed E-state index contributed by atoms with van der Waals surface area (Å²) in [4.78, 5) is 4.12. The van der Waals surface area contributed by atoms with Gasteiger partial charge in [-0.25, -0.2) is 4.98 Å². The lowest BCUT2D eigenvalue weighted by Gasteiger charge is -2.09. The SMILES string of the molecule is COc1cc(-c2cc(Br)cnc2N)ccc1C. The summed E-state index contributed by atoms with van der Waals surface area (Å²) < 4.78 is 6.21. The van der Waals surface area contributed by atoms with Gasteiger partial charge in [0.15, 0.2) is 0 Å². The van der Waals surface area contributed by atoms with E-state index in [9.17, 15) is 0 Å². The Kier molecular flexibility index (Phi) is 3.33. The van der Waals surface area contributed by atoms with Crippen LogP contribution in [0.2, 0.25) is 0 Å². The molecule has 2 rings (SSSR count). The highest BCUT2D eigenvalue weighted by Crippen LogP contribution is 2.31. The Hall–Kier alpha value is -1.55. The molecule has 0 saturated heterocycles. The number of aryl methyl sites for hydroxylation is 1. The zero-order valence-corrected chi connectivity index (χ0v) is 11.3. The topological polar surface area (TPSA) is 48.1 Å². The number of benzene rings is 1. The molecule has 0 radical (unpaired) electrons. The van der Waals surface area contributed by atoms with Gasteiger partial charge in [-0.1, -0.05) is 12.1 Å². The molecule has 1 heterocycles. The predicted molar refractivity (Wildman–Crippen MR) is 73.1 cm³/mol. The summed E-state index contributed by atoms with van der Waals surface area (Å²) in [6, 6.07) is 7.94. The molecule has 1 aromatic heterocycles. The van der Waals surface area contributed by atoms with Crippen molar-refractivity contribution in [2.75, 3.05) is 12.8 Å². The van der Waals surface area contributed by atoms with E-state index in [1.54, 1.807) is 13.3 Å². The fourth-order valence-electron chi connectivity index (χ4n) is 1.67. The lowest BCUT2D eigenvalue weighted by atomic mass is 10.0. The lowest BCUT2D eigenvalue weighted by Crippen LogP contribution is -1.95. The fraction of sp³-hybridized carbons (Fsp3) is 0.154. The zero-order chi connectivity index (χ0) is 12.4. The molecule has 0 saturated carbocycles. The number of nitrogens with two attached hydrogens (primary N) is 1. The van der Waals surface area contributed by atoms with Crippen LogP contribution in [0.15, 0.2) is 34.9 Å². The summed E-state index contributed by atoms with van der Waals surface area (Å²) in [6.07, 6.45) is 1.68. The number of pyridine rings is 1. The van der Waals surface area contributed by atoms with E-state index in [-0.39, 0.29) is 0 Å². The predicted octanol–water partition coefficient (Wildman–Crippen LogP) is 3.41. The van der Waals surface area contributed by atoms with Crippen LogP contribution in [-0.2, 0) is 0 Å². The van der Waals surface area contributed by atoms with E-state index in [2.05, 4.69) is 20.9 Å². The quantitative estimate of drug-likeness (QED) is 0.923. The molecular weight excluding hydrogens is 280 g/mol. The minimum atomic E-state index is 0.513. The number of hydrogen-bond acceptors (Lipinski definition) is 3. The van der Waals surface area contributed by atoms with Crippen LogP contribution in [0.25, 0.3) is 11.1 Å². The maximum absolute atomic E-state index is 5.88. The average molecular weight is 293 g/mol. The first kappa shape index (κ1) is 11.9. The van der Waals surface area contributed by atoms with Crippen LogP contribution >= 0.6 is 15.9 Å². The van der Waals surface area contributed by atoms with Gasteiger partial charge >= 0.3 is 0 Å². The van der Waals surface area contributed by atoms with Gasteiger partial charge in [-0.3, -0.25) is 0 Å². The first-order valence-corrected chi connectivity index (χ1v) is 5.97. The molecule has 0 aliphatic rings. The molecule has 2 N–H and O–H groups in total. The van der Waals surface area contributed by atoms with Crippen LogP contribution in [0.1, 0.15) is 5.56 Å². The smallest absolute Gasteiger partial charge is 0.131 e. The van der Waals surface area contributed by atoms with E-state index >= 15 is 0 Å².